The van der Waals surface area contributed by atoms with Crippen molar-refractivity contribution in [2.45, 2.75) is 33.5 Å². The number of nitrogens with two attached hydrogens (primary N) is 2. The van der Waals surface area contributed by atoms with Crippen LogP contribution in [0, 0.1) is 6.92 Å². The second-order valence-corrected chi connectivity index (χ2v) is 28.8. The second-order valence-electron chi connectivity index (χ2n) is 27.5. The largest absolute Gasteiger partial charge is 0.507 e. The van der Waals surface area contributed by atoms with Crippen molar-refractivity contribution in [1.82, 2.24) is 15.0 Å². The number of hydrogen-bond donors (Lipinski definition) is 8. The zero-order valence-corrected chi connectivity index (χ0v) is 68.5. The van der Waals surface area contributed by atoms with Gasteiger partial charge in [-0.05, 0) is 132 Å². The third-order valence-electron chi connectivity index (χ3n) is 20.2. The summed E-state index contributed by atoms with van der Waals surface area (Å²) in [5.74, 6) is -1.42. The van der Waals surface area contributed by atoms with E-state index in [0.29, 0.717) is 113 Å². The average molecular weight is 1750 g/mol. The molecule has 3 aromatic heterocycles. The van der Waals surface area contributed by atoms with E-state index < -0.39 is 22.8 Å². The van der Waals surface area contributed by atoms with Crippen molar-refractivity contribution in [2.75, 3.05) is 27.4 Å². The highest BCUT2D eigenvalue weighted by Crippen LogP contribution is 2.48. The van der Waals surface area contributed by atoms with E-state index in [0.717, 1.165) is 71.8 Å². The minimum Gasteiger partial charge on any atom is -0.507 e. The topological polar surface area (TPSA) is 466 Å². The Morgan fingerprint density at radius 3 is 1.13 bits per heavy atom. The number of nitrogen functional groups attached to an aromatic ring is 2. The van der Waals surface area contributed by atoms with Crippen molar-refractivity contribution in [3.8, 4) is 73.1 Å². The summed E-state index contributed by atoms with van der Waals surface area (Å²) in [5.41, 5.74) is 28.0. The fourth-order valence-corrected chi connectivity index (χ4v) is 15.1. The van der Waals surface area contributed by atoms with Crippen LogP contribution in [0.4, 0.5) is 28.4 Å². The van der Waals surface area contributed by atoms with Crippen LogP contribution in [0.5, 0.6) is 5.75 Å². The van der Waals surface area contributed by atoms with Crippen LogP contribution in [0.1, 0.15) is 60.4 Å². The highest BCUT2D eigenvalue weighted by molar-refractivity contribution is 6.32. The number of rotatable bonds is 15. The molecule has 31 heteroatoms. The number of aromatic hydroxyl groups is 1. The molecule has 3 aliphatic carbocycles. The molecule has 0 saturated carbocycles. The Labute approximate surface area is 730 Å². The number of carboxylic acids is 2. The molecule has 127 heavy (non-hydrogen) atoms. The molecule has 9 aromatic carbocycles. The molecule has 0 spiro atoms. The molecule has 0 unspecified atom stereocenters. The van der Waals surface area contributed by atoms with Gasteiger partial charge in [0.15, 0.2) is 5.78 Å². The lowest BCUT2D eigenvalue weighted by Crippen LogP contribution is -2.08. The monoisotopic (exact) mass is 1750 g/mol. The lowest BCUT2D eigenvalue weighted by Gasteiger charge is -2.20. The SMILES string of the molecule is CC(=O)c1ccc2cccc(NCc3c(N)ccc4c(-c5ccccc5C(=O)O)c5cc(Cl)c(=O)cc-5oc34)c2n1.Cc1ccccc1-c1c2cc(Cl)c(=O)cc-2oc2c(CNc3cccc4cccnc34)c(N)ccc12.O=C(O)c1ccccc1-c1c2cc(Cl)c(=O)cc-2oc2c(CNc3cccc4cccnc34)c(O)ccc12.O=C=O.O=C=O.O=C=O.O=C=O. The van der Waals surface area contributed by atoms with Gasteiger partial charge in [0.2, 0.25) is 16.3 Å². The van der Waals surface area contributed by atoms with Gasteiger partial charge in [0.1, 0.15) is 45.5 Å². The summed E-state index contributed by atoms with van der Waals surface area (Å²) in [6.45, 7) is 4.33. The van der Waals surface area contributed by atoms with Gasteiger partial charge in [0.25, 0.3) is 0 Å². The molecule has 0 amide bonds. The van der Waals surface area contributed by atoms with E-state index in [4.69, 9.17) is 97.9 Å². The lowest BCUT2D eigenvalue weighted by molar-refractivity contribution is -0.193. The Hall–Kier alpha value is -16.9. The molecule has 0 bridgehead atoms. The molecule has 18 rings (SSSR count). The number of halogens is 3. The van der Waals surface area contributed by atoms with E-state index in [-0.39, 0.29) is 92.4 Å². The second kappa shape index (κ2) is 40.2. The number of aromatic nitrogens is 3. The van der Waals surface area contributed by atoms with Crippen molar-refractivity contribution >= 4 is 171 Å². The number of ketones is 1. The number of aryl methyl sites for hydroxylation is 1. The van der Waals surface area contributed by atoms with Crippen LogP contribution < -0.4 is 43.7 Å². The third-order valence-corrected chi connectivity index (χ3v) is 21.1. The first-order chi connectivity index (χ1) is 61.3. The number of fused-ring (bicyclic) bond motifs is 9. The smallest absolute Gasteiger partial charge is 0.373 e. The Balaban J connectivity index is 0.000000163. The predicted molar refractivity (Wildman–Crippen MR) is 475 cm³/mol. The van der Waals surface area contributed by atoms with Gasteiger partial charge in [0.05, 0.1) is 65.4 Å². The van der Waals surface area contributed by atoms with Gasteiger partial charge in [0, 0.05) is 145 Å². The predicted octanol–water partition coefficient (Wildman–Crippen LogP) is 18.6. The fourth-order valence-electron chi connectivity index (χ4n) is 14.6. The van der Waals surface area contributed by atoms with Crippen molar-refractivity contribution in [2.24, 2.45) is 0 Å². The highest BCUT2D eigenvalue weighted by atomic mass is 35.5. The molecule has 10 N–H and O–H groups in total. The molecular weight excluding hydrogens is 1690 g/mol. The minimum atomic E-state index is -1.10. The van der Waals surface area contributed by atoms with E-state index >= 15 is 0 Å². The summed E-state index contributed by atoms with van der Waals surface area (Å²) < 4.78 is 18.9. The van der Waals surface area contributed by atoms with Crippen molar-refractivity contribution in [3.63, 3.8) is 0 Å². The Morgan fingerprint density at radius 1 is 0.394 bits per heavy atom. The normalized spacial score (nSPS) is 10.5. The van der Waals surface area contributed by atoms with Crippen LogP contribution in [-0.4, -0.2) is 72.6 Å². The van der Waals surface area contributed by atoms with Gasteiger partial charge in [-0.3, -0.25) is 29.1 Å². The number of carbonyl (C=O) groups excluding carboxylic acids is 9. The number of carboxylic acid groups (broad SMARTS) is 2. The molecule has 0 fully saturated rings. The molecule has 28 nitrogen and oxygen atoms in total. The maximum atomic E-state index is 12.5. The molecule has 6 aliphatic rings. The summed E-state index contributed by atoms with van der Waals surface area (Å²) in [6.07, 6.45) is 4.49. The number of nitrogens with one attached hydrogen (secondary N) is 3. The van der Waals surface area contributed by atoms with Gasteiger partial charge in [-0.1, -0.05) is 150 Å². The quantitative estimate of drug-likeness (QED) is 0.0268. The number of anilines is 5. The maximum absolute atomic E-state index is 12.5. The Bertz CT molecular complexity index is 7540. The highest BCUT2D eigenvalue weighted by Gasteiger charge is 2.29. The van der Waals surface area contributed by atoms with E-state index in [9.17, 15) is 44.1 Å². The molecule has 12 aromatic rings. The molecule has 0 saturated heterocycles. The first-order valence-corrected chi connectivity index (χ1v) is 38.8. The lowest BCUT2D eigenvalue weighted by atomic mass is 9.90. The molecule has 0 radical (unpaired) electrons. The zero-order chi connectivity index (χ0) is 90.9. The summed E-state index contributed by atoms with van der Waals surface area (Å²) in [5, 5.41) is 46.0. The van der Waals surface area contributed by atoms with Crippen LogP contribution in [0.2, 0.25) is 15.1 Å². The summed E-state index contributed by atoms with van der Waals surface area (Å²) in [6, 6.07) is 69.4. The van der Waals surface area contributed by atoms with Gasteiger partial charge >= 0.3 is 36.5 Å². The minimum absolute atomic E-state index is 0.00757. The van der Waals surface area contributed by atoms with E-state index in [1.54, 1.807) is 85.2 Å². The standard InChI is InChI=1S/C32H22ClN3O5.C30H22ClN3O2.C30H19ClN2O5.4CO2/c1-16(37)25-12-9-17-5-4-8-26(30(17)36-25)35-15-22-24(34)11-10-20-29(18-6-2-3-7-19(18)32(39)40)21-13-23(33)27(38)14-28(21)41-31(20)22;1-17-6-2-3-9-19(17)28-20-11-12-24(32)22(30(20)36-27-15-26(35)23(31)14-21(27)28)16-34-25-10-4-7-18-8-5-13-33-29(18)25;31-22-13-20-26(14-25(22)35)38-29-19(27(20)17-7-1-2-8-18(17)30(36)37)10-11-24(34)21(29)15-33-23-9-3-5-16-6-4-12-32-28(16)23;4*2-1-3/h2-14,35H,15,34H2,1H3,(H,39,40);2-15,34H,16,32H2,1H3;1-14,33-34H,15H2,(H,36,37);;;;. The van der Waals surface area contributed by atoms with Crippen LogP contribution in [0.3, 0.4) is 0 Å². The number of aromatic carboxylic acids is 2. The van der Waals surface area contributed by atoms with E-state index in [2.05, 4.69) is 50.0 Å². The van der Waals surface area contributed by atoms with Gasteiger partial charge in [-0.2, -0.15) is 38.4 Å². The number of Topliss-reactive ketones (excluding diaryl/α,β-unsaturated/α-hetero) is 1. The molecule has 6 heterocycles. The Morgan fingerprint density at radius 2 is 0.732 bits per heavy atom. The van der Waals surface area contributed by atoms with Crippen LogP contribution in [0.25, 0.3) is 133 Å². The molecule has 3 aliphatic heterocycles. The number of hydrogen-bond acceptors (Lipinski definition) is 26. The molecule has 0 atom stereocenters. The summed E-state index contributed by atoms with van der Waals surface area (Å²) in [7, 11) is 0. The van der Waals surface area contributed by atoms with Crippen LogP contribution >= 0.6 is 34.8 Å². The average Bonchev–Trinajstić information content (AvgIpc) is 0.745. The van der Waals surface area contributed by atoms with Crippen molar-refractivity contribution < 1.29 is 81.3 Å². The first-order valence-electron chi connectivity index (χ1n) is 37.7. The molecule has 628 valence electrons. The summed E-state index contributed by atoms with van der Waals surface area (Å²) >= 11 is 18.7. The maximum Gasteiger partial charge on any atom is 0.373 e. The van der Waals surface area contributed by atoms with E-state index in [1.165, 1.54) is 49.4 Å². The number of benzene rings is 12. The van der Waals surface area contributed by atoms with Gasteiger partial charge < -0.3 is 56.0 Å². The summed E-state index contributed by atoms with van der Waals surface area (Å²) in [4.78, 5) is 152. The number of para-hydroxylation sites is 3. The van der Waals surface area contributed by atoms with Gasteiger partial charge in [-0.25, -0.2) is 14.6 Å². The number of nitrogens with zero attached hydrogens (tertiary/aromatic N) is 3. The van der Waals surface area contributed by atoms with E-state index in [1.807, 2.05) is 109 Å². The van der Waals surface area contributed by atoms with Crippen molar-refractivity contribution in [3.05, 3.63) is 334 Å². The van der Waals surface area contributed by atoms with Crippen LogP contribution in [0.15, 0.2) is 277 Å². The van der Waals surface area contributed by atoms with Gasteiger partial charge in [-0.15, -0.1) is 0 Å². The van der Waals surface area contributed by atoms with Crippen LogP contribution in [-0.2, 0) is 58.0 Å². The zero-order valence-electron chi connectivity index (χ0n) is 66.2. The third kappa shape index (κ3) is 19.2. The number of phenols is 1. The number of phenolic OH excluding ortho intramolecular Hbond substituents is 1. The number of pyridine rings is 3. The Kier molecular flexibility index (Phi) is 28.3. The fraction of sp³-hybridized carbons (Fsp3) is 0.0521. The number of carbonyl (C=O) groups is 3. The van der Waals surface area contributed by atoms with Crippen molar-refractivity contribution in [1.29, 1.82) is 0 Å². The first kappa shape index (κ1) is 89.3. The molecular formula is C96H63Cl3N8O20.